The molecule has 0 fully saturated rings. The molecule has 0 aliphatic carbocycles. The van der Waals surface area contributed by atoms with Crippen molar-refractivity contribution in [3.8, 4) is 5.75 Å². The average molecular weight is 291 g/mol. The van der Waals surface area contributed by atoms with Crippen LogP contribution in [0.15, 0.2) is 41.3 Å². The number of phenolic OH excluding ortho intramolecular Hbond substituents is 1. The maximum absolute atomic E-state index is 12.4. The van der Waals surface area contributed by atoms with Crippen LogP contribution in [0.5, 0.6) is 5.75 Å². The molecule has 4 nitrogen and oxygen atoms in total. The van der Waals surface area contributed by atoms with Crippen molar-refractivity contribution >= 4 is 15.7 Å². The van der Waals surface area contributed by atoms with E-state index in [1.165, 1.54) is 12.1 Å². The smallest absolute Gasteiger partial charge is 0.262 e. The second-order valence-electron chi connectivity index (χ2n) is 4.88. The lowest BCUT2D eigenvalue weighted by Crippen LogP contribution is -2.14. The van der Waals surface area contributed by atoms with Gasteiger partial charge in [0, 0.05) is 5.69 Å². The summed E-state index contributed by atoms with van der Waals surface area (Å²) in [6, 6.07) is 9.79. The predicted octanol–water partition coefficient (Wildman–Crippen LogP) is 3.12. The Morgan fingerprint density at radius 3 is 2.25 bits per heavy atom. The maximum atomic E-state index is 12.4. The molecule has 0 bridgehead atoms. The number of nitrogens with one attached hydrogen (secondary N) is 1. The van der Waals surface area contributed by atoms with Gasteiger partial charge in [-0.25, -0.2) is 8.42 Å². The lowest BCUT2D eigenvalue weighted by Gasteiger charge is -2.11. The van der Waals surface area contributed by atoms with Crippen LogP contribution in [0.25, 0.3) is 0 Å². The average Bonchev–Trinajstić information content (AvgIpc) is 2.33. The highest BCUT2D eigenvalue weighted by atomic mass is 32.2. The molecule has 0 amide bonds. The monoisotopic (exact) mass is 291 g/mol. The molecule has 2 rings (SSSR count). The third kappa shape index (κ3) is 2.93. The van der Waals surface area contributed by atoms with Gasteiger partial charge in [0.2, 0.25) is 0 Å². The third-order valence-corrected chi connectivity index (χ3v) is 4.61. The van der Waals surface area contributed by atoms with Crippen molar-refractivity contribution in [2.45, 2.75) is 25.7 Å². The van der Waals surface area contributed by atoms with Crippen LogP contribution in [0.1, 0.15) is 16.7 Å². The summed E-state index contributed by atoms with van der Waals surface area (Å²) in [7, 11) is -3.62. The van der Waals surface area contributed by atoms with Crippen molar-refractivity contribution in [3.05, 3.63) is 53.1 Å². The second-order valence-corrected chi connectivity index (χ2v) is 6.53. The van der Waals surface area contributed by atoms with E-state index < -0.39 is 10.0 Å². The number of hydrogen-bond acceptors (Lipinski definition) is 3. The first-order valence-corrected chi connectivity index (χ1v) is 7.67. The standard InChI is InChI=1S/C15H17NO3S/c1-10-4-7-15(12(3)8-10)20(18,19)16-13-5-6-14(17)11(2)9-13/h4-9,16-17H,1-3H3. The molecule has 20 heavy (non-hydrogen) atoms. The van der Waals surface area contributed by atoms with E-state index in [4.69, 9.17) is 0 Å². The zero-order valence-electron chi connectivity index (χ0n) is 11.6. The van der Waals surface area contributed by atoms with Gasteiger partial charge < -0.3 is 5.11 Å². The Hall–Kier alpha value is -2.01. The fourth-order valence-corrected chi connectivity index (χ4v) is 3.31. The highest BCUT2D eigenvalue weighted by Crippen LogP contribution is 2.24. The molecule has 0 spiro atoms. The summed E-state index contributed by atoms with van der Waals surface area (Å²) in [5.41, 5.74) is 2.76. The maximum Gasteiger partial charge on any atom is 0.262 e. The number of phenols is 1. The molecular weight excluding hydrogens is 274 g/mol. The van der Waals surface area contributed by atoms with Gasteiger partial charge in [-0.2, -0.15) is 0 Å². The number of anilines is 1. The molecule has 0 aromatic heterocycles. The first-order valence-electron chi connectivity index (χ1n) is 6.19. The molecule has 0 unspecified atom stereocenters. The van der Waals surface area contributed by atoms with E-state index in [0.717, 1.165) is 5.56 Å². The van der Waals surface area contributed by atoms with E-state index in [1.54, 1.807) is 32.0 Å². The van der Waals surface area contributed by atoms with Gasteiger partial charge in [0.25, 0.3) is 10.0 Å². The Labute approximate surface area is 119 Å². The molecule has 5 heteroatoms. The third-order valence-electron chi connectivity index (χ3n) is 3.07. The number of benzene rings is 2. The molecule has 0 heterocycles. The molecule has 0 atom stereocenters. The summed E-state index contributed by atoms with van der Waals surface area (Å²) in [5.74, 6) is 0.138. The summed E-state index contributed by atoms with van der Waals surface area (Å²) in [6.07, 6.45) is 0. The van der Waals surface area contributed by atoms with Crippen LogP contribution in [0.3, 0.4) is 0 Å². The zero-order valence-corrected chi connectivity index (χ0v) is 12.5. The van der Waals surface area contributed by atoms with Gasteiger partial charge in [0.05, 0.1) is 4.90 Å². The van der Waals surface area contributed by atoms with Crippen LogP contribution in [0, 0.1) is 20.8 Å². The number of sulfonamides is 1. The van der Waals surface area contributed by atoms with E-state index in [1.807, 2.05) is 13.0 Å². The first kappa shape index (κ1) is 14.4. The fourth-order valence-electron chi connectivity index (χ4n) is 2.03. The van der Waals surface area contributed by atoms with Gasteiger partial charge in [-0.15, -0.1) is 0 Å². The van der Waals surface area contributed by atoms with Gasteiger partial charge in [-0.05, 0) is 56.2 Å². The minimum atomic E-state index is -3.62. The SMILES string of the molecule is Cc1ccc(S(=O)(=O)Nc2ccc(O)c(C)c2)c(C)c1. The Morgan fingerprint density at radius 1 is 0.950 bits per heavy atom. The molecule has 2 aromatic rings. The first-order chi connectivity index (χ1) is 9.29. The van der Waals surface area contributed by atoms with Crippen molar-refractivity contribution in [2.24, 2.45) is 0 Å². The summed E-state index contributed by atoms with van der Waals surface area (Å²) >= 11 is 0. The number of hydrogen-bond donors (Lipinski definition) is 2. The topological polar surface area (TPSA) is 66.4 Å². The molecule has 0 aliphatic heterocycles. The van der Waals surface area contributed by atoms with Crippen LogP contribution in [-0.2, 0) is 10.0 Å². The quantitative estimate of drug-likeness (QED) is 0.854. The normalized spacial score (nSPS) is 11.3. The molecule has 0 saturated carbocycles. The highest BCUT2D eigenvalue weighted by Gasteiger charge is 2.17. The lowest BCUT2D eigenvalue weighted by molar-refractivity contribution is 0.471. The lowest BCUT2D eigenvalue weighted by atomic mass is 10.2. The van der Waals surface area contributed by atoms with Gasteiger partial charge >= 0.3 is 0 Å². The van der Waals surface area contributed by atoms with Gasteiger partial charge in [0.1, 0.15) is 5.75 Å². The minimum Gasteiger partial charge on any atom is -0.508 e. The zero-order chi connectivity index (χ0) is 14.9. The van der Waals surface area contributed by atoms with Crippen LogP contribution in [-0.4, -0.2) is 13.5 Å². The summed E-state index contributed by atoms with van der Waals surface area (Å²) < 4.78 is 27.2. The van der Waals surface area contributed by atoms with Crippen molar-refractivity contribution in [1.29, 1.82) is 0 Å². The van der Waals surface area contributed by atoms with E-state index in [9.17, 15) is 13.5 Å². The largest absolute Gasteiger partial charge is 0.508 e. The van der Waals surface area contributed by atoms with Crippen LogP contribution < -0.4 is 4.72 Å². The summed E-state index contributed by atoms with van der Waals surface area (Å²) in [5, 5.41) is 9.46. The van der Waals surface area contributed by atoms with Gasteiger partial charge in [-0.1, -0.05) is 17.7 Å². The van der Waals surface area contributed by atoms with E-state index in [-0.39, 0.29) is 10.6 Å². The molecule has 106 valence electrons. The highest BCUT2D eigenvalue weighted by molar-refractivity contribution is 7.92. The number of aromatic hydroxyl groups is 1. The molecule has 2 N–H and O–H groups in total. The molecule has 0 aliphatic rings. The minimum absolute atomic E-state index is 0.138. The Morgan fingerprint density at radius 2 is 1.65 bits per heavy atom. The van der Waals surface area contributed by atoms with E-state index >= 15 is 0 Å². The summed E-state index contributed by atoms with van der Waals surface area (Å²) in [4.78, 5) is 0.258. The van der Waals surface area contributed by atoms with Crippen LogP contribution in [0.2, 0.25) is 0 Å². The second kappa shape index (κ2) is 5.17. The van der Waals surface area contributed by atoms with Crippen LogP contribution >= 0.6 is 0 Å². The number of rotatable bonds is 3. The summed E-state index contributed by atoms with van der Waals surface area (Å²) in [6.45, 7) is 5.40. The molecule has 2 aromatic carbocycles. The Kier molecular flexibility index (Phi) is 3.72. The van der Waals surface area contributed by atoms with Crippen LogP contribution in [0.4, 0.5) is 5.69 Å². The van der Waals surface area contributed by atoms with E-state index in [0.29, 0.717) is 16.8 Å². The fraction of sp³-hybridized carbons (Fsp3) is 0.200. The Bertz CT molecular complexity index is 752. The Balaban J connectivity index is 2.38. The van der Waals surface area contributed by atoms with E-state index in [2.05, 4.69) is 4.72 Å². The molecular formula is C15H17NO3S. The molecule has 0 radical (unpaired) electrons. The number of aryl methyl sites for hydroxylation is 3. The van der Waals surface area contributed by atoms with Crippen molar-refractivity contribution in [3.63, 3.8) is 0 Å². The van der Waals surface area contributed by atoms with Gasteiger partial charge in [0.15, 0.2) is 0 Å². The van der Waals surface area contributed by atoms with Crippen molar-refractivity contribution in [1.82, 2.24) is 0 Å². The van der Waals surface area contributed by atoms with Crippen molar-refractivity contribution < 1.29 is 13.5 Å². The van der Waals surface area contributed by atoms with Crippen molar-refractivity contribution in [2.75, 3.05) is 4.72 Å². The molecule has 0 saturated heterocycles. The predicted molar refractivity (Wildman–Crippen MR) is 79.6 cm³/mol. The van der Waals surface area contributed by atoms with Gasteiger partial charge in [-0.3, -0.25) is 4.72 Å².